The van der Waals surface area contributed by atoms with Gasteiger partial charge in [-0.05, 0) is 25.5 Å². The number of carbonyl (C=O) groups excluding carboxylic acids is 1. The van der Waals surface area contributed by atoms with Crippen molar-refractivity contribution in [2.75, 3.05) is 19.8 Å². The van der Waals surface area contributed by atoms with Gasteiger partial charge in [0.15, 0.2) is 5.75 Å². The molecule has 0 atom stereocenters. The predicted octanol–water partition coefficient (Wildman–Crippen LogP) is 3.01. The molecule has 2 rings (SSSR count). The number of benzene rings is 1. The lowest BCUT2D eigenvalue weighted by Gasteiger charge is -2.10. The van der Waals surface area contributed by atoms with Crippen molar-refractivity contribution in [1.82, 2.24) is 0 Å². The summed E-state index contributed by atoms with van der Waals surface area (Å²) in [4.78, 5) is 23.3. The lowest BCUT2D eigenvalue weighted by molar-refractivity contribution is -0.143. The highest BCUT2D eigenvalue weighted by molar-refractivity contribution is 5.86. The first kappa shape index (κ1) is 18.6. The molecule has 2 aromatic rings. The summed E-state index contributed by atoms with van der Waals surface area (Å²) in [6.45, 7) is 4.52. The second-order valence-electron chi connectivity index (χ2n) is 5.33. The smallest absolute Gasteiger partial charge is 0.383 e. The molecule has 0 aliphatic heterocycles. The Morgan fingerprint density at radius 2 is 2.00 bits per heavy atom. The molecule has 7 heteroatoms. The number of ether oxygens (including phenoxy) is 3. The Morgan fingerprint density at radius 1 is 1.20 bits per heavy atom. The molecule has 0 aliphatic rings. The van der Waals surface area contributed by atoms with Gasteiger partial charge in [-0.3, -0.25) is 4.79 Å². The molecule has 0 spiro atoms. The summed E-state index contributed by atoms with van der Waals surface area (Å²) in [5.41, 5.74) is -0.566. The van der Waals surface area contributed by atoms with Gasteiger partial charge >= 0.3 is 11.6 Å². The molecular formula is C18H22O7. The normalized spacial score (nSPS) is 10.6. The van der Waals surface area contributed by atoms with Gasteiger partial charge in [0.2, 0.25) is 5.75 Å². The Morgan fingerprint density at radius 3 is 2.72 bits per heavy atom. The first-order valence-electron chi connectivity index (χ1n) is 8.27. The Balaban J connectivity index is 2.13. The van der Waals surface area contributed by atoms with E-state index in [1.165, 1.54) is 6.07 Å². The lowest BCUT2D eigenvalue weighted by Crippen LogP contribution is -2.10. The number of esters is 1. The zero-order chi connectivity index (χ0) is 18.2. The lowest BCUT2D eigenvalue weighted by atomic mass is 10.2. The van der Waals surface area contributed by atoms with Crippen molar-refractivity contribution >= 4 is 16.9 Å². The molecule has 0 unspecified atom stereocenters. The van der Waals surface area contributed by atoms with Gasteiger partial charge in [-0.1, -0.05) is 13.3 Å². The highest BCUT2D eigenvalue weighted by Gasteiger charge is 2.16. The summed E-state index contributed by atoms with van der Waals surface area (Å²) in [5.74, 6) is -0.363. The van der Waals surface area contributed by atoms with Crippen molar-refractivity contribution in [1.29, 1.82) is 0 Å². The fraction of sp³-hybridized carbons (Fsp3) is 0.444. The topological polar surface area (TPSA) is 95.2 Å². The van der Waals surface area contributed by atoms with Crippen LogP contribution in [-0.2, 0) is 9.53 Å². The molecule has 0 bridgehead atoms. The second-order valence-corrected chi connectivity index (χ2v) is 5.33. The Kier molecular flexibility index (Phi) is 6.68. The number of aromatic hydroxyl groups is 1. The minimum absolute atomic E-state index is 0.116. The van der Waals surface area contributed by atoms with Gasteiger partial charge in [-0.15, -0.1) is 0 Å². The third kappa shape index (κ3) is 4.89. The van der Waals surface area contributed by atoms with E-state index in [1.807, 2.05) is 6.92 Å². The highest BCUT2D eigenvalue weighted by atomic mass is 16.5. The van der Waals surface area contributed by atoms with Gasteiger partial charge in [0.05, 0.1) is 31.6 Å². The van der Waals surface area contributed by atoms with Crippen LogP contribution >= 0.6 is 0 Å². The molecule has 0 amide bonds. The predicted molar refractivity (Wildman–Crippen MR) is 91.3 cm³/mol. The average molecular weight is 350 g/mol. The van der Waals surface area contributed by atoms with Gasteiger partial charge in [0.1, 0.15) is 11.3 Å². The van der Waals surface area contributed by atoms with Crippen molar-refractivity contribution in [3.05, 3.63) is 28.6 Å². The molecule has 1 N–H and O–H groups in total. The summed E-state index contributed by atoms with van der Waals surface area (Å²) in [5, 5.41) is 10.6. The summed E-state index contributed by atoms with van der Waals surface area (Å²) < 4.78 is 20.8. The molecule has 0 aliphatic carbocycles. The maximum Gasteiger partial charge on any atom is 0.383 e. The standard InChI is InChI=1S/C18H22O7/c1-3-5-9-24-17-16(20)13-7-6-12(11-14(13)25-18(17)21)23-10-8-15(19)22-4-2/h6-7,11,20H,3-5,8-10H2,1-2H3. The van der Waals surface area contributed by atoms with Crippen LogP contribution in [0.3, 0.4) is 0 Å². The van der Waals surface area contributed by atoms with Crippen LogP contribution in [0.2, 0.25) is 0 Å². The van der Waals surface area contributed by atoms with E-state index in [0.29, 0.717) is 24.3 Å². The summed E-state index contributed by atoms with van der Waals surface area (Å²) >= 11 is 0. The zero-order valence-corrected chi connectivity index (χ0v) is 14.4. The van der Waals surface area contributed by atoms with E-state index in [2.05, 4.69) is 0 Å². The van der Waals surface area contributed by atoms with Crippen LogP contribution in [0, 0.1) is 0 Å². The van der Waals surface area contributed by atoms with Gasteiger partial charge in [-0.25, -0.2) is 4.79 Å². The molecule has 136 valence electrons. The zero-order valence-electron chi connectivity index (χ0n) is 14.4. The third-order valence-electron chi connectivity index (χ3n) is 3.44. The van der Waals surface area contributed by atoms with Crippen LogP contribution in [0.1, 0.15) is 33.1 Å². The van der Waals surface area contributed by atoms with Crippen molar-refractivity contribution in [2.24, 2.45) is 0 Å². The molecule has 7 nitrogen and oxygen atoms in total. The SMILES string of the molecule is CCCCOc1c(O)c2ccc(OCCC(=O)OCC)cc2oc1=O. The monoisotopic (exact) mass is 350 g/mol. The second kappa shape index (κ2) is 8.96. The number of hydrogen-bond donors (Lipinski definition) is 1. The summed E-state index contributed by atoms with van der Waals surface area (Å²) in [6.07, 6.45) is 1.79. The van der Waals surface area contributed by atoms with E-state index in [4.69, 9.17) is 18.6 Å². The Hall–Kier alpha value is -2.70. The van der Waals surface area contributed by atoms with E-state index in [0.717, 1.165) is 12.8 Å². The van der Waals surface area contributed by atoms with Gasteiger partial charge in [0, 0.05) is 6.07 Å². The van der Waals surface area contributed by atoms with E-state index in [9.17, 15) is 14.7 Å². The third-order valence-corrected chi connectivity index (χ3v) is 3.44. The first-order valence-corrected chi connectivity index (χ1v) is 8.27. The molecule has 1 aromatic heterocycles. The molecule has 0 fully saturated rings. The number of rotatable bonds is 9. The fourth-order valence-electron chi connectivity index (χ4n) is 2.17. The fourth-order valence-corrected chi connectivity index (χ4v) is 2.17. The van der Waals surface area contributed by atoms with Crippen LogP contribution in [0.15, 0.2) is 27.4 Å². The van der Waals surface area contributed by atoms with E-state index < -0.39 is 5.63 Å². The summed E-state index contributed by atoms with van der Waals surface area (Å²) in [6, 6.07) is 4.67. The highest BCUT2D eigenvalue weighted by Crippen LogP contribution is 2.33. The van der Waals surface area contributed by atoms with Crippen LogP contribution in [0.25, 0.3) is 11.0 Å². The van der Waals surface area contributed by atoms with Gasteiger partial charge in [-0.2, -0.15) is 0 Å². The number of carbonyl (C=O) groups is 1. The van der Waals surface area contributed by atoms with E-state index in [1.54, 1.807) is 19.1 Å². The maximum absolute atomic E-state index is 12.0. The van der Waals surface area contributed by atoms with Crippen molar-refractivity contribution in [2.45, 2.75) is 33.1 Å². The van der Waals surface area contributed by atoms with Crippen molar-refractivity contribution in [3.8, 4) is 17.2 Å². The largest absolute Gasteiger partial charge is 0.504 e. The Bertz CT molecular complexity index is 779. The molecule has 1 aromatic carbocycles. The van der Waals surface area contributed by atoms with Gasteiger partial charge in [0.25, 0.3) is 0 Å². The molecule has 0 saturated carbocycles. The maximum atomic E-state index is 12.0. The quantitative estimate of drug-likeness (QED) is 0.422. The molecule has 25 heavy (non-hydrogen) atoms. The van der Waals surface area contributed by atoms with Crippen molar-refractivity contribution in [3.63, 3.8) is 0 Å². The number of fused-ring (bicyclic) bond motifs is 1. The van der Waals surface area contributed by atoms with Crippen molar-refractivity contribution < 1.29 is 28.5 Å². The van der Waals surface area contributed by atoms with Crippen LogP contribution < -0.4 is 15.1 Å². The van der Waals surface area contributed by atoms with Crippen LogP contribution in [0.4, 0.5) is 0 Å². The van der Waals surface area contributed by atoms with E-state index >= 15 is 0 Å². The number of hydrogen-bond acceptors (Lipinski definition) is 7. The molecule has 0 radical (unpaired) electrons. The first-order chi connectivity index (χ1) is 12.1. The average Bonchev–Trinajstić information content (AvgIpc) is 2.58. The molecule has 0 saturated heterocycles. The van der Waals surface area contributed by atoms with Gasteiger partial charge < -0.3 is 23.7 Å². The van der Waals surface area contributed by atoms with Crippen LogP contribution in [0.5, 0.6) is 17.2 Å². The van der Waals surface area contributed by atoms with E-state index in [-0.39, 0.29) is 36.1 Å². The minimum Gasteiger partial charge on any atom is -0.504 e. The molecular weight excluding hydrogens is 328 g/mol. The van der Waals surface area contributed by atoms with Crippen LogP contribution in [-0.4, -0.2) is 30.9 Å². The molecule has 1 heterocycles. The number of unbranched alkanes of at least 4 members (excludes halogenated alkanes) is 1. The minimum atomic E-state index is -0.746. The summed E-state index contributed by atoms with van der Waals surface area (Å²) in [7, 11) is 0. The Labute approximate surface area is 145 Å².